The van der Waals surface area contributed by atoms with Crippen LogP contribution in [0.4, 0.5) is 4.39 Å². The Kier molecular flexibility index (Phi) is 5.90. The zero-order valence-corrected chi connectivity index (χ0v) is 17.2. The number of rotatable bonds is 4. The Morgan fingerprint density at radius 1 is 1.20 bits per heavy atom. The largest absolute Gasteiger partial charge is 0.390 e. The Morgan fingerprint density at radius 2 is 1.97 bits per heavy atom. The highest BCUT2D eigenvalue weighted by atomic mass is 35.5. The number of amides is 1. The van der Waals surface area contributed by atoms with Gasteiger partial charge in [-0.3, -0.25) is 9.59 Å². The van der Waals surface area contributed by atoms with Gasteiger partial charge in [-0.15, -0.1) is 0 Å². The fourth-order valence-electron chi connectivity index (χ4n) is 3.13. The summed E-state index contributed by atoms with van der Waals surface area (Å²) in [7, 11) is 0. The van der Waals surface area contributed by atoms with Crippen LogP contribution < -0.4 is 10.9 Å². The summed E-state index contributed by atoms with van der Waals surface area (Å²) < 4.78 is 14.8. The third-order valence-electron chi connectivity index (χ3n) is 4.72. The summed E-state index contributed by atoms with van der Waals surface area (Å²) in [4.78, 5) is 25.9. The third kappa shape index (κ3) is 4.26. The van der Waals surface area contributed by atoms with E-state index in [0.29, 0.717) is 27.8 Å². The van der Waals surface area contributed by atoms with Gasteiger partial charge in [0.25, 0.3) is 11.5 Å². The maximum absolute atomic E-state index is 13.8. The molecule has 0 bridgehead atoms. The first-order chi connectivity index (χ1) is 14.4. The second-order valence-electron chi connectivity index (χ2n) is 6.83. The van der Waals surface area contributed by atoms with E-state index in [-0.39, 0.29) is 11.3 Å². The maximum atomic E-state index is 13.8. The molecule has 1 aliphatic rings. The van der Waals surface area contributed by atoms with Crippen LogP contribution >= 0.6 is 23.4 Å². The van der Waals surface area contributed by atoms with Crippen LogP contribution in [-0.4, -0.2) is 44.4 Å². The molecule has 30 heavy (non-hydrogen) atoms. The second kappa shape index (κ2) is 8.59. The van der Waals surface area contributed by atoms with Gasteiger partial charge in [-0.2, -0.15) is 21.5 Å². The van der Waals surface area contributed by atoms with Crippen LogP contribution in [0.25, 0.3) is 16.9 Å². The predicted octanol–water partition coefficient (Wildman–Crippen LogP) is 2.90. The molecule has 1 aromatic heterocycles. The number of halogens is 2. The lowest BCUT2D eigenvalue weighted by atomic mass is 10.1. The van der Waals surface area contributed by atoms with Gasteiger partial charge < -0.3 is 10.4 Å². The zero-order valence-electron chi connectivity index (χ0n) is 15.6. The normalized spacial score (nSPS) is 18.4. The number of aliphatic hydroxyl groups excluding tert-OH is 1. The fourth-order valence-corrected chi connectivity index (χ4v) is 4.42. The molecule has 6 nitrogen and oxygen atoms in total. The Hall–Kier alpha value is -2.68. The maximum Gasteiger partial charge on any atom is 0.284 e. The Bertz CT molecular complexity index is 1150. The van der Waals surface area contributed by atoms with Crippen molar-refractivity contribution in [1.29, 1.82) is 0 Å². The van der Waals surface area contributed by atoms with Crippen LogP contribution in [-0.2, 0) is 0 Å². The van der Waals surface area contributed by atoms with Gasteiger partial charge in [0, 0.05) is 22.1 Å². The molecule has 0 aliphatic carbocycles. The van der Waals surface area contributed by atoms with Crippen molar-refractivity contribution in [3.63, 3.8) is 0 Å². The molecule has 1 saturated heterocycles. The van der Waals surface area contributed by atoms with Crippen molar-refractivity contribution in [3.05, 3.63) is 81.4 Å². The molecule has 0 radical (unpaired) electrons. The number of nitrogens with one attached hydrogen (secondary N) is 1. The first-order valence-corrected chi connectivity index (χ1v) is 10.7. The smallest absolute Gasteiger partial charge is 0.284 e. The number of nitrogens with zero attached hydrogens (tertiary/aromatic N) is 2. The monoisotopic (exact) mass is 445 g/mol. The number of benzene rings is 2. The highest BCUT2D eigenvalue weighted by Crippen LogP contribution is 2.22. The van der Waals surface area contributed by atoms with Gasteiger partial charge in [-0.25, -0.2) is 4.39 Å². The first kappa shape index (κ1) is 20.6. The van der Waals surface area contributed by atoms with Crippen molar-refractivity contribution in [2.45, 2.75) is 12.1 Å². The molecular weight excluding hydrogens is 429 g/mol. The minimum Gasteiger partial charge on any atom is -0.390 e. The van der Waals surface area contributed by atoms with E-state index in [1.807, 2.05) is 0 Å². The standard InChI is InChI=1S/C21H17ClFN3O3S/c22-13-6-4-12(5-7-13)17-9-16(20(28)24-18-10-30-11-19(18)27)21(29)26(25-17)15-3-1-2-14(23)8-15/h1-9,18-19,27H,10-11H2,(H,24,28). The zero-order chi connectivity index (χ0) is 21.3. The molecule has 2 unspecified atom stereocenters. The van der Waals surface area contributed by atoms with Crippen molar-refractivity contribution in [2.75, 3.05) is 11.5 Å². The number of carbonyl (C=O) groups excluding carboxylic acids is 1. The SMILES string of the molecule is O=C(NC1CSCC1O)c1cc(-c2ccc(Cl)cc2)nn(-c2cccc(F)c2)c1=O. The Morgan fingerprint density at radius 3 is 2.63 bits per heavy atom. The van der Waals surface area contributed by atoms with Crippen molar-refractivity contribution in [2.24, 2.45) is 0 Å². The molecule has 1 amide bonds. The van der Waals surface area contributed by atoms with E-state index in [9.17, 15) is 19.1 Å². The van der Waals surface area contributed by atoms with Gasteiger partial charge in [-0.1, -0.05) is 29.8 Å². The molecule has 4 rings (SSSR count). The summed E-state index contributed by atoms with van der Waals surface area (Å²) in [6.07, 6.45) is -0.679. The minimum absolute atomic E-state index is 0.150. The molecule has 0 saturated carbocycles. The number of carbonyl (C=O) groups is 1. The summed E-state index contributed by atoms with van der Waals surface area (Å²) in [5.74, 6) is -0.0742. The number of aromatic nitrogens is 2. The average Bonchev–Trinajstić information content (AvgIpc) is 3.13. The molecule has 0 spiro atoms. The molecule has 3 aromatic rings. The van der Waals surface area contributed by atoms with Crippen LogP contribution in [0.5, 0.6) is 0 Å². The summed E-state index contributed by atoms with van der Waals surface area (Å²) in [6, 6.07) is 13.1. The highest BCUT2D eigenvalue weighted by molar-refractivity contribution is 7.99. The lowest BCUT2D eigenvalue weighted by molar-refractivity contribution is 0.0886. The van der Waals surface area contributed by atoms with Crippen LogP contribution in [0, 0.1) is 5.82 Å². The van der Waals surface area contributed by atoms with Gasteiger partial charge in [0.1, 0.15) is 11.4 Å². The topological polar surface area (TPSA) is 84.2 Å². The molecular formula is C21H17ClFN3O3S. The minimum atomic E-state index is -0.684. The molecule has 1 aliphatic heterocycles. The number of aliphatic hydroxyl groups is 1. The third-order valence-corrected chi connectivity index (χ3v) is 6.14. The average molecular weight is 446 g/mol. The molecule has 9 heteroatoms. The van der Waals surface area contributed by atoms with Crippen LogP contribution in [0.2, 0.25) is 5.02 Å². The van der Waals surface area contributed by atoms with Gasteiger partial charge >= 0.3 is 0 Å². The van der Waals surface area contributed by atoms with E-state index in [2.05, 4.69) is 10.4 Å². The van der Waals surface area contributed by atoms with Crippen LogP contribution in [0.1, 0.15) is 10.4 Å². The molecule has 2 N–H and O–H groups in total. The van der Waals surface area contributed by atoms with E-state index in [1.54, 1.807) is 24.3 Å². The molecule has 1 fully saturated rings. The Balaban J connectivity index is 1.82. The van der Waals surface area contributed by atoms with Gasteiger partial charge in [0.05, 0.1) is 23.5 Å². The number of hydrogen-bond donors (Lipinski definition) is 2. The van der Waals surface area contributed by atoms with Crippen molar-refractivity contribution >= 4 is 29.3 Å². The van der Waals surface area contributed by atoms with Gasteiger partial charge in [0.15, 0.2) is 0 Å². The van der Waals surface area contributed by atoms with Crippen molar-refractivity contribution < 1.29 is 14.3 Å². The van der Waals surface area contributed by atoms with E-state index in [1.165, 1.54) is 42.1 Å². The van der Waals surface area contributed by atoms with Crippen molar-refractivity contribution in [1.82, 2.24) is 15.1 Å². The van der Waals surface area contributed by atoms with E-state index in [4.69, 9.17) is 11.6 Å². The summed E-state index contributed by atoms with van der Waals surface area (Å²) >= 11 is 7.47. The highest BCUT2D eigenvalue weighted by Gasteiger charge is 2.29. The van der Waals surface area contributed by atoms with Gasteiger partial charge in [-0.05, 0) is 36.4 Å². The summed E-state index contributed by atoms with van der Waals surface area (Å²) in [6.45, 7) is 0. The fraction of sp³-hybridized carbons (Fsp3) is 0.190. The molecule has 2 heterocycles. The van der Waals surface area contributed by atoms with Crippen LogP contribution in [0.3, 0.4) is 0 Å². The van der Waals surface area contributed by atoms with E-state index in [0.717, 1.165) is 4.68 Å². The molecule has 2 atom stereocenters. The lowest BCUT2D eigenvalue weighted by Gasteiger charge is -2.16. The van der Waals surface area contributed by atoms with Crippen molar-refractivity contribution in [3.8, 4) is 16.9 Å². The summed E-state index contributed by atoms with van der Waals surface area (Å²) in [5, 5.41) is 17.6. The van der Waals surface area contributed by atoms with E-state index < -0.39 is 29.4 Å². The first-order valence-electron chi connectivity index (χ1n) is 9.15. The Labute approximate surface area is 180 Å². The summed E-state index contributed by atoms with van der Waals surface area (Å²) in [5.41, 5.74) is 0.345. The quantitative estimate of drug-likeness (QED) is 0.645. The molecule has 2 aromatic carbocycles. The second-order valence-corrected chi connectivity index (χ2v) is 8.34. The van der Waals surface area contributed by atoms with E-state index >= 15 is 0 Å². The predicted molar refractivity (Wildman–Crippen MR) is 115 cm³/mol. The number of thioether (sulfide) groups is 1. The van der Waals surface area contributed by atoms with Crippen LogP contribution in [0.15, 0.2) is 59.4 Å². The molecule has 154 valence electrons. The van der Waals surface area contributed by atoms with Gasteiger partial charge in [0.2, 0.25) is 0 Å². The number of hydrogen-bond acceptors (Lipinski definition) is 5. The lowest BCUT2D eigenvalue weighted by Crippen LogP contribution is -2.44.